The van der Waals surface area contributed by atoms with Gasteiger partial charge in [-0.3, -0.25) is 9.59 Å². The molecule has 0 radical (unpaired) electrons. The maximum Gasteiger partial charge on any atom is 0.254 e. The van der Waals surface area contributed by atoms with Crippen LogP contribution in [0.15, 0.2) is 22.7 Å². The Morgan fingerprint density at radius 1 is 1.38 bits per heavy atom. The van der Waals surface area contributed by atoms with Crippen molar-refractivity contribution in [2.75, 3.05) is 32.7 Å². The van der Waals surface area contributed by atoms with E-state index in [4.69, 9.17) is 0 Å². The maximum absolute atomic E-state index is 12.9. The van der Waals surface area contributed by atoms with Gasteiger partial charge in [-0.15, -0.1) is 0 Å². The average molecular weight is 420 g/mol. The summed E-state index contributed by atoms with van der Waals surface area (Å²) in [5.74, 6) is -0.0448. The first-order valence-corrected chi connectivity index (χ1v) is 10.4. The summed E-state index contributed by atoms with van der Waals surface area (Å²) in [6.45, 7) is 6.03. The van der Waals surface area contributed by atoms with Crippen LogP contribution in [0.3, 0.4) is 0 Å². The highest BCUT2D eigenvalue weighted by Gasteiger charge is 2.51. The van der Waals surface area contributed by atoms with Gasteiger partial charge in [-0.1, -0.05) is 22.9 Å². The van der Waals surface area contributed by atoms with E-state index in [1.54, 1.807) is 4.90 Å². The van der Waals surface area contributed by atoms with Gasteiger partial charge in [0.2, 0.25) is 5.91 Å². The molecular formula is C20H26BrN3O2. The monoisotopic (exact) mass is 419 g/mol. The predicted molar refractivity (Wildman–Crippen MR) is 104 cm³/mol. The van der Waals surface area contributed by atoms with Crippen molar-refractivity contribution in [3.05, 3.63) is 33.8 Å². The SMILES string of the molecule is CCN1CCC[C@@H](NC(=O)CN2CC3(CC3)c3cc(Br)ccc3C2=O)C1. The molecule has 1 aromatic rings. The summed E-state index contributed by atoms with van der Waals surface area (Å²) in [6, 6.07) is 6.09. The van der Waals surface area contributed by atoms with Gasteiger partial charge >= 0.3 is 0 Å². The standard InChI is InChI=1S/C20H26BrN3O2/c1-2-23-9-3-4-15(11-23)22-18(25)12-24-13-20(7-8-20)17-10-14(21)5-6-16(17)19(24)26/h5-6,10,15H,2-4,7-9,11-13H2,1H3,(H,22,25)/t15-/m1/s1. The molecule has 2 aliphatic heterocycles. The number of likely N-dealkylation sites (tertiary alicyclic amines) is 1. The molecule has 1 aromatic carbocycles. The van der Waals surface area contributed by atoms with Crippen LogP contribution in [0.5, 0.6) is 0 Å². The molecule has 6 heteroatoms. The van der Waals surface area contributed by atoms with Crippen molar-refractivity contribution in [1.82, 2.24) is 15.1 Å². The molecule has 26 heavy (non-hydrogen) atoms. The van der Waals surface area contributed by atoms with Gasteiger partial charge < -0.3 is 15.1 Å². The summed E-state index contributed by atoms with van der Waals surface area (Å²) in [5.41, 5.74) is 1.98. The van der Waals surface area contributed by atoms with E-state index in [0.717, 1.165) is 60.9 Å². The van der Waals surface area contributed by atoms with Gasteiger partial charge in [-0.25, -0.2) is 0 Å². The number of carbonyl (C=O) groups is 2. The molecular weight excluding hydrogens is 394 g/mol. The van der Waals surface area contributed by atoms with Crippen molar-refractivity contribution in [2.45, 2.75) is 44.1 Å². The average Bonchev–Trinajstić information content (AvgIpc) is 3.40. The van der Waals surface area contributed by atoms with Gasteiger partial charge in [0, 0.05) is 34.6 Å². The molecule has 1 spiro atoms. The molecule has 0 aromatic heterocycles. The Balaban J connectivity index is 1.43. The third kappa shape index (κ3) is 3.41. The lowest BCUT2D eigenvalue weighted by atomic mass is 9.86. The van der Waals surface area contributed by atoms with Gasteiger partial charge in [0.25, 0.3) is 5.91 Å². The Labute approximate surface area is 163 Å². The van der Waals surface area contributed by atoms with E-state index in [1.165, 1.54) is 0 Å². The smallest absolute Gasteiger partial charge is 0.254 e. The van der Waals surface area contributed by atoms with Crippen LogP contribution in [0.2, 0.25) is 0 Å². The van der Waals surface area contributed by atoms with Crippen molar-refractivity contribution in [1.29, 1.82) is 0 Å². The molecule has 3 aliphatic rings. The number of halogens is 1. The molecule has 1 saturated heterocycles. The van der Waals surface area contributed by atoms with E-state index < -0.39 is 0 Å². The fourth-order valence-electron chi connectivity index (χ4n) is 4.45. The van der Waals surface area contributed by atoms with E-state index in [2.05, 4.69) is 39.1 Å². The normalized spacial score (nSPS) is 24.5. The van der Waals surface area contributed by atoms with Gasteiger partial charge in [0.15, 0.2) is 0 Å². The first-order chi connectivity index (χ1) is 12.5. The zero-order chi connectivity index (χ0) is 18.3. The van der Waals surface area contributed by atoms with E-state index in [1.807, 2.05) is 12.1 Å². The zero-order valence-electron chi connectivity index (χ0n) is 15.3. The van der Waals surface area contributed by atoms with Crippen LogP contribution in [-0.4, -0.2) is 60.4 Å². The second-order valence-corrected chi connectivity index (χ2v) is 8.85. The number of hydrogen-bond donors (Lipinski definition) is 1. The van der Waals surface area contributed by atoms with Gasteiger partial charge in [0.05, 0.1) is 6.54 Å². The van der Waals surface area contributed by atoms with E-state index >= 15 is 0 Å². The quantitative estimate of drug-likeness (QED) is 0.815. The summed E-state index contributed by atoms with van der Waals surface area (Å²) in [6.07, 6.45) is 4.33. The molecule has 1 aliphatic carbocycles. The Morgan fingerprint density at radius 3 is 2.92 bits per heavy atom. The second kappa shape index (κ2) is 6.97. The number of nitrogens with one attached hydrogen (secondary N) is 1. The number of carbonyl (C=O) groups excluding carboxylic acids is 2. The van der Waals surface area contributed by atoms with E-state index in [-0.39, 0.29) is 29.8 Å². The molecule has 4 rings (SSSR count). The van der Waals surface area contributed by atoms with Crippen LogP contribution in [0.4, 0.5) is 0 Å². The molecule has 0 unspecified atom stereocenters. The van der Waals surface area contributed by atoms with Gasteiger partial charge in [0.1, 0.15) is 0 Å². The lowest BCUT2D eigenvalue weighted by Gasteiger charge is -2.36. The Kier molecular flexibility index (Phi) is 4.82. The summed E-state index contributed by atoms with van der Waals surface area (Å²) in [5, 5.41) is 3.15. The zero-order valence-corrected chi connectivity index (χ0v) is 16.8. The number of benzene rings is 1. The summed E-state index contributed by atoms with van der Waals surface area (Å²) in [4.78, 5) is 29.6. The number of fused-ring (bicyclic) bond motifs is 2. The third-order valence-corrected chi connectivity index (χ3v) is 6.56. The van der Waals surface area contributed by atoms with Crippen molar-refractivity contribution in [3.8, 4) is 0 Å². The van der Waals surface area contributed by atoms with Crippen LogP contribution < -0.4 is 5.32 Å². The number of piperidine rings is 1. The fraction of sp³-hybridized carbons (Fsp3) is 0.600. The topological polar surface area (TPSA) is 52.7 Å². The molecule has 2 fully saturated rings. The number of likely N-dealkylation sites (N-methyl/N-ethyl adjacent to an activating group) is 1. The number of rotatable bonds is 4. The third-order valence-electron chi connectivity index (χ3n) is 6.07. The minimum atomic E-state index is -0.0299. The first-order valence-electron chi connectivity index (χ1n) is 9.62. The summed E-state index contributed by atoms with van der Waals surface area (Å²) < 4.78 is 1.01. The van der Waals surface area contributed by atoms with Crippen molar-refractivity contribution in [3.63, 3.8) is 0 Å². The van der Waals surface area contributed by atoms with E-state index in [0.29, 0.717) is 6.54 Å². The maximum atomic E-state index is 12.9. The first kappa shape index (κ1) is 18.0. The van der Waals surface area contributed by atoms with Crippen molar-refractivity contribution >= 4 is 27.7 Å². The number of amides is 2. The van der Waals surface area contributed by atoms with Crippen LogP contribution in [0, 0.1) is 0 Å². The molecule has 0 bridgehead atoms. The van der Waals surface area contributed by atoms with Crippen molar-refractivity contribution < 1.29 is 9.59 Å². The summed E-state index contributed by atoms with van der Waals surface area (Å²) >= 11 is 3.52. The predicted octanol–water partition coefficient (Wildman–Crippen LogP) is 2.54. The fourth-order valence-corrected chi connectivity index (χ4v) is 4.81. The molecule has 140 valence electrons. The van der Waals surface area contributed by atoms with Gasteiger partial charge in [-0.05, 0) is 62.5 Å². The minimum absolute atomic E-state index is 0.0148. The van der Waals surface area contributed by atoms with Crippen LogP contribution in [0.25, 0.3) is 0 Å². The lowest BCUT2D eigenvalue weighted by Crippen LogP contribution is -2.52. The highest BCUT2D eigenvalue weighted by molar-refractivity contribution is 9.10. The molecule has 2 amide bonds. The number of nitrogens with zero attached hydrogens (tertiary/aromatic N) is 2. The Hall–Kier alpha value is -1.40. The minimum Gasteiger partial charge on any atom is -0.351 e. The van der Waals surface area contributed by atoms with Crippen LogP contribution in [0.1, 0.15) is 48.5 Å². The molecule has 1 atom stereocenters. The second-order valence-electron chi connectivity index (χ2n) is 7.93. The Morgan fingerprint density at radius 2 is 2.19 bits per heavy atom. The summed E-state index contributed by atoms with van der Waals surface area (Å²) in [7, 11) is 0. The van der Waals surface area contributed by atoms with Crippen LogP contribution >= 0.6 is 15.9 Å². The van der Waals surface area contributed by atoms with Crippen molar-refractivity contribution in [2.24, 2.45) is 0 Å². The number of hydrogen-bond acceptors (Lipinski definition) is 3. The van der Waals surface area contributed by atoms with Crippen LogP contribution in [-0.2, 0) is 10.2 Å². The van der Waals surface area contributed by atoms with E-state index in [9.17, 15) is 9.59 Å². The van der Waals surface area contributed by atoms with Gasteiger partial charge in [-0.2, -0.15) is 0 Å². The Bertz CT molecular complexity index is 732. The lowest BCUT2D eigenvalue weighted by molar-refractivity contribution is -0.123. The molecule has 5 nitrogen and oxygen atoms in total. The highest BCUT2D eigenvalue weighted by atomic mass is 79.9. The highest BCUT2D eigenvalue weighted by Crippen LogP contribution is 2.52. The molecule has 1 saturated carbocycles. The largest absolute Gasteiger partial charge is 0.351 e. The molecule has 2 heterocycles. The molecule has 1 N–H and O–H groups in total.